The second kappa shape index (κ2) is 6.84. The van der Waals surface area contributed by atoms with Gasteiger partial charge in [0, 0.05) is 31.1 Å². The van der Waals surface area contributed by atoms with Crippen LogP contribution in [0, 0.1) is 0 Å². The van der Waals surface area contributed by atoms with Crippen LogP contribution in [0.4, 0.5) is 0 Å². The summed E-state index contributed by atoms with van der Waals surface area (Å²) < 4.78 is 16.3. The van der Waals surface area contributed by atoms with Crippen LogP contribution in [0.15, 0.2) is 51.7 Å². The molecule has 0 aliphatic carbocycles. The maximum atomic E-state index is 12.6. The maximum Gasteiger partial charge on any atom is 0.341 e. The first kappa shape index (κ1) is 16.7. The smallest absolute Gasteiger partial charge is 0.341 e. The van der Waals surface area contributed by atoms with Gasteiger partial charge in [-0.2, -0.15) is 0 Å². The van der Waals surface area contributed by atoms with E-state index in [0.717, 1.165) is 36.0 Å². The molecular weight excluding hydrogens is 330 g/mol. The standard InChI is InChI=1S/C21H21NO4/c1-24-19-10-16-15-8-9-22(12-14-6-4-3-5-7-14)13-17(15)21(23)26-18(16)11-20(19)25-2/h3-7,10-11H,8-9,12-13H2,1-2H3. The summed E-state index contributed by atoms with van der Waals surface area (Å²) in [7, 11) is 3.18. The van der Waals surface area contributed by atoms with Gasteiger partial charge < -0.3 is 13.9 Å². The maximum absolute atomic E-state index is 12.6. The van der Waals surface area contributed by atoms with Gasteiger partial charge >= 0.3 is 5.63 Å². The SMILES string of the molecule is COc1cc2oc(=O)c3c(c2cc1OC)CCN(Cc1ccccc1)C3. The first-order chi connectivity index (χ1) is 12.7. The Hall–Kier alpha value is -2.79. The Morgan fingerprint density at radius 3 is 2.50 bits per heavy atom. The number of hydrogen-bond acceptors (Lipinski definition) is 5. The molecule has 26 heavy (non-hydrogen) atoms. The Kier molecular flexibility index (Phi) is 4.39. The van der Waals surface area contributed by atoms with Crippen LogP contribution in [-0.4, -0.2) is 25.7 Å². The minimum Gasteiger partial charge on any atom is -0.493 e. The summed E-state index contributed by atoms with van der Waals surface area (Å²) in [6.07, 6.45) is 0.805. The molecule has 0 spiro atoms. The highest BCUT2D eigenvalue weighted by Crippen LogP contribution is 2.35. The van der Waals surface area contributed by atoms with E-state index in [0.29, 0.717) is 23.6 Å². The minimum absolute atomic E-state index is 0.266. The van der Waals surface area contributed by atoms with Crippen LogP contribution in [-0.2, 0) is 19.5 Å². The van der Waals surface area contributed by atoms with E-state index in [1.54, 1.807) is 20.3 Å². The molecule has 2 aromatic carbocycles. The molecule has 0 amide bonds. The lowest BCUT2D eigenvalue weighted by Gasteiger charge is -2.28. The van der Waals surface area contributed by atoms with Crippen molar-refractivity contribution >= 4 is 11.0 Å². The van der Waals surface area contributed by atoms with E-state index in [1.165, 1.54) is 5.56 Å². The van der Waals surface area contributed by atoms with Gasteiger partial charge in [-0.05, 0) is 23.6 Å². The van der Waals surface area contributed by atoms with Crippen molar-refractivity contribution in [1.82, 2.24) is 4.90 Å². The van der Waals surface area contributed by atoms with Crippen LogP contribution in [0.25, 0.3) is 11.0 Å². The highest BCUT2D eigenvalue weighted by Gasteiger charge is 2.24. The monoisotopic (exact) mass is 351 g/mol. The average Bonchev–Trinajstić information content (AvgIpc) is 2.68. The van der Waals surface area contributed by atoms with Crippen molar-refractivity contribution in [1.29, 1.82) is 0 Å². The molecule has 1 aromatic heterocycles. The van der Waals surface area contributed by atoms with E-state index in [4.69, 9.17) is 13.9 Å². The zero-order chi connectivity index (χ0) is 18.1. The van der Waals surface area contributed by atoms with Gasteiger partial charge in [-0.1, -0.05) is 30.3 Å². The highest BCUT2D eigenvalue weighted by atomic mass is 16.5. The first-order valence-electron chi connectivity index (χ1n) is 8.66. The number of nitrogens with zero attached hydrogens (tertiary/aromatic N) is 1. The van der Waals surface area contributed by atoms with Crippen molar-refractivity contribution in [3.63, 3.8) is 0 Å². The molecule has 0 unspecified atom stereocenters. The third-order valence-corrected chi connectivity index (χ3v) is 4.93. The van der Waals surface area contributed by atoms with Crippen LogP contribution in [0.2, 0.25) is 0 Å². The normalized spacial score (nSPS) is 14.2. The number of hydrogen-bond donors (Lipinski definition) is 0. The summed E-state index contributed by atoms with van der Waals surface area (Å²) in [5, 5.41) is 0.927. The molecule has 0 bridgehead atoms. The predicted molar refractivity (Wildman–Crippen MR) is 99.8 cm³/mol. The molecule has 0 atom stereocenters. The van der Waals surface area contributed by atoms with E-state index >= 15 is 0 Å². The Morgan fingerprint density at radius 2 is 1.77 bits per heavy atom. The van der Waals surface area contributed by atoms with Crippen LogP contribution in [0.5, 0.6) is 11.5 Å². The van der Waals surface area contributed by atoms with Gasteiger partial charge in [0.15, 0.2) is 11.5 Å². The summed E-state index contributed by atoms with van der Waals surface area (Å²) >= 11 is 0. The molecule has 134 valence electrons. The molecule has 1 aliphatic heterocycles. The minimum atomic E-state index is -0.266. The van der Waals surface area contributed by atoms with Crippen molar-refractivity contribution in [2.75, 3.05) is 20.8 Å². The fraction of sp³-hybridized carbons (Fsp3) is 0.286. The number of rotatable bonds is 4. The van der Waals surface area contributed by atoms with Crippen molar-refractivity contribution in [2.45, 2.75) is 19.5 Å². The lowest BCUT2D eigenvalue weighted by Crippen LogP contribution is -2.33. The van der Waals surface area contributed by atoms with Crippen molar-refractivity contribution < 1.29 is 13.9 Å². The molecule has 0 N–H and O–H groups in total. The van der Waals surface area contributed by atoms with Gasteiger partial charge in [0.1, 0.15) is 5.58 Å². The Bertz CT molecular complexity index is 994. The fourth-order valence-electron chi connectivity index (χ4n) is 3.62. The Balaban J connectivity index is 1.73. The highest BCUT2D eigenvalue weighted by molar-refractivity contribution is 5.85. The van der Waals surface area contributed by atoms with Gasteiger partial charge in [-0.3, -0.25) is 4.90 Å². The Morgan fingerprint density at radius 1 is 1.04 bits per heavy atom. The van der Waals surface area contributed by atoms with E-state index < -0.39 is 0 Å². The zero-order valence-electron chi connectivity index (χ0n) is 15.0. The van der Waals surface area contributed by atoms with Crippen molar-refractivity contribution in [3.05, 3.63) is 69.6 Å². The summed E-state index contributed by atoms with van der Waals surface area (Å²) in [4.78, 5) is 14.8. The largest absolute Gasteiger partial charge is 0.493 e. The van der Waals surface area contributed by atoms with Gasteiger partial charge in [-0.25, -0.2) is 4.79 Å². The molecule has 0 saturated carbocycles. The molecule has 5 nitrogen and oxygen atoms in total. The summed E-state index contributed by atoms with van der Waals surface area (Å²) in [5.41, 5.74) is 3.32. The fourth-order valence-corrected chi connectivity index (χ4v) is 3.62. The van der Waals surface area contributed by atoms with E-state index in [9.17, 15) is 4.79 Å². The molecule has 2 heterocycles. The van der Waals surface area contributed by atoms with Crippen LogP contribution < -0.4 is 15.1 Å². The second-order valence-electron chi connectivity index (χ2n) is 6.50. The summed E-state index contributed by atoms with van der Waals surface area (Å²) in [5.74, 6) is 1.20. The number of methoxy groups -OCH3 is 2. The quantitative estimate of drug-likeness (QED) is 0.675. The molecule has 4 rings (SSSR count). The number of fused-ring (bicyclic) bond motifs is 3. The summed E-state index contributed by atoms with van der Waals surface area (Å²) in [6.45, 7) is 2.31. The van der Waals surface area contributed by atoms with Gasteiger partial charge in [0.25, 0.3) is 0 Å². The molecule has 1 aliphatic rings. The van der Waals surface area contributed by atoms with Gasteiger partial charge in [0.05, 0.1) is 19.8 Å². The predicted octanol–water partition coefficient (Wildman–Crippen LogP) is 3.37. The van der Waals surface area contributed by atoms with E-state index in [2.05, 4.69) is 17.0 Å². The number of benzene rings is 2. The molecule has 0 fully saturated rings. The third kappa shape index (κ3) is 2.95. The topological polar surface area (TPSA) is 51.9 Å². The molecular formula is C21H21NO4. The molecule has 0 saturated heterocycles. The lowest BCUT2D eigenvalue weighted by molar-refractivity contribution is 0.241. The van der Waals surface area contributed by atoms with Crippen LogP contribution in [0.3, 0.4) is 0 Å². The zero-order valence-corrected chi connectivity index (χ0v) is 15.0. The van der Waals surface area contributed by atoms with Crippen LogP contribution in [0.1, 0.15) is 16.7 Å². The molecule has 0 radical (unpaired) electrons. The molecule has 5 heteroatoms. The second-order valence-corrected chi connectivity index (χ2v) is 6.50. The van der Waals surface area contributed by atoms with Crippen molar-refractivity contribution in [3.8, 4) is 11.5 Å². The lowest BCUT2D eigenvalue weighted by atomic mass is 9.97. The number of ether oxygens (including phenoxy) is 2. The van der Waals surface area contributed by atoms with E-state index in [-0.39, 0.29) is 5.63 Å². The van der Waals surface area contributed by atoms with Crippen molar-refractivity contribution in [2.24, 2.45) is 0 Å². The van der Waals surface area contributed by atoms with Gasteiger partial charge in [0.2, 0.25) is 0 Å². The first-order valence-corrected chi connectivity index (χ1v) is 8.66. The third-order valence-electron chi connectivity index (χ3n) is 4.93. The molecule has 3 aromatic rings. The average molecular weight is 351 g/mol. The summed E-state index contributed by atoms with van der Waals surface area (Å²) in [6, 6.07) is 13.9. The van der Waals surface area contributed by atoms with Crippen LogP contribution >= 0.6 is 0 Å². The Labute approximate surface area is 151 Å². The van der Waals surface area contributed by atoms with Gasteiger partial charge in [-0.15, -0.1) is 0 Å². The van der Waals surface area contributed by atoms with E-state index in [1.807, 2.05) is 24.3 Å².